The predicted octanol–water partition coefficient (Wildman–Crippen LogP) is 4.49. The lowest BCUT2D eigenvalue weighted by molar-refractivity contribution is -0.386. The highest BCUT2D eigenvalue weighted by Gasteiger charge is 2.23. The first-order chi connectivity index (χ1) is 17.8. The molecule has 38 heavy (non-hydrogen) atoms. The van der Waals surface area contributed by atoms with Gasteiger partial charge >= 0.3 is 11.4 Å². The Morgan fingerprint density at radius 2 is 1.32 bits per heavy atom. The van der Waals surface area contributed by atoms with Crippen molar-refractivity contribution in [3.8, 4) is 11.8 Å². The van der Waals surface area contributed by atoms with Crippen LogP contribution in [0, 0.1) is 27.2 Å². The third kappa shape index (κ3) is 10.8. The van der Waals surface area contributed by atoms with Crippen molar-refractivity contribution in [2.24, 2.45) is 0 Å². The van der Waals surface area contributed by atoms with Crippen molar-refractivity contribution in [1.82, 2.24) is 19.8 Å². The van der Waals surface area contributed by atoms with E-state index < -0.39 is 9.85 Å². The van der Waals surface area contributed by atoms with Gasteiger partial charge in [0.15, 0.2) is 0 Å². The number of methoxy groups -OCH3 is 4. The number of aromatic nitrogens is 2. The van der Waals surface area contributed by atoms with Crippen LogP contribution in [0.15, 0.2) is 27.5 Å². The highest BCUT2D eigenvalue weighted by atomic mass is 79.9. The molecule has 2 aromatic rings. The van der Waals surface area contributed by atoms with Gasteiger partial charge in [0.2, 0.25) is 6.41 Å². The van der Waals surface area contributed by atoms with Crippen LogP contribution in [-0.2, 0) is 9.47 Å². The number of ether oxygens (including phenoxy) is 4. The average molecular weight is 668 g/mol. The van der Waals surface area contributed by atoms with E-state index in [0.29, 0.717) is 20.1 Å². The summed E-state index contributed by atoms with van der Waals surface area (Å²) < 4.78 is 20.5. The summed E-state index contributed by atoms with van der Waals surface area (Å²) in [7, 11) is 13.3. The van der Waals surface area contributed by atoms with Gasteiger partial charge in [0.05, 0.1) is 34.1 Å². The lowest BCUT2D eigenvalue weighted by Gasteiger charge is -2.19. The largest absolute Gasteiger partial charge is 0.476 e. The zero-order chi connectivity index (χ0) is 29.6. The van der Waals surface area contributed by atoms with Crippen LogP contribution in [0.3, 0.4) is 0 Å². The summed E-state index contributed by atoms with van der Waals surface area (Å²) in [6.45, 7) is 1.63. The van der Waals surface area contributed by atoms with Crippen molar-refractivity contribution in [3.05, 3.63) is 58.9 Å². The van der Waals surface area contributed by atoms with E-state index in [4.69, 9.17) is 18.9 Å². The van der Waals surface area contributed by atoms with Crippen molar-refractivity contribution >= 4 is 49.3 Å². The molecular weight excluding hydrogens is 636 g/mol. The molecule has 0 N–H and O–H groups in total. The first-order valence-electron chi connectivity index (χ1n) is 10.5. The molecule has 0 radical (unpaired) electrons. The van der Waals surface area contributed by atoms with Gasteiger partial charge in [0, 0.05) is 50.7 Å². The summed E-state index contributed by atoms with van der Waals surface area (Å²) in [5.74, 6) is 0.0299. The fraction of sp³-hybridized carbons (Fsp3) is 0.455. The molecule has 0 unspecified atom stereocenters. The van der Waals surface area contributed by atoms with Crippen LogP contribution in [0.2, 0.25) is 0 Å². The fourth-order valence-electron chi connectivity index (χ4n) is 2.61. The van der Waals surface area contributed by atoms with Gasteiger partial charge in [-0.25, -0.2) is 9.97 Å². The maximum atomic E-state index is 11.0. The van der Waals surface area contributed by atoms with Gasteiger partial charge < -0.3 is 23.8 Å². The van der Waals surface area contributed by atoms with Gasteiger partial charge in [0.1, 0.15) is 0 Å². The maximum absolute atomic E-state index is 11.0. The minimum absolute atomic E-state index is 0.00314. The summed E-state index contributed by atoms with van der Waals surface area (Å²) in [5, 5.41) is 21.6. The van der Waals surface area contributed by atoms with Gasteiger partial charge in [-0.05, 0) is 65.2 Å². The van der Waals surface area contributed by atoms with E-state index in [1.807, 2.05) is 33.1 Å². The number of halogens is 2. The zero-order valence-corrected chi connectivity index (χ0v) is 25.8. The normalized spacial score (nSPS) is 10.4. The minimum Gasteiger partial charge on any atom is -0.476 e. The second kappa shape index (κ2) is 17.6. The molecule has 2 aromatic heterocycles. The van der Waals surface area contributed by atoms with Crippen molar-refractivity contribution in [2.45, 2.75) is 13.3 Å². The van der Waals surface area contributed by atoms with E-state index in [1.165, 1.54) is 26.6 Å². The number of hydrogen-bond acceptors (Lipinski definition) is 12. The third-order valence-electron chi connectivity index (χ3n) is 4.34. The molecule has 0 aliphatic rings. The first kappa shape index (κ1) is 35.1. The van der Waals surface area contributed by atoms with Crippen molar-refractivity contribution in [1.29, 1.82) is 0 Å². The monoisotopic (exact) mass is 666 g/mol. The Morgan fingerprint density at radius 1 is 0.868 bits per heavy atom. The van der Waals surface area contributed by atoms with Gasteiger partial charge in [-0.1, -0.05) is 0 Å². The number of nitrogens with zero attached hydrogens (tertiary/aromatic N) is 6. The molecule has 0 fully saturated rings. The summed E-state index contributed by atoms with van der Waals surface area (Å²) in [6.07, 6.45) is 6.08. The molecule has 0 atom stereocenters. The molecule has 0 bridgehead atoms. The predicted molar refractivity (Wildman–Crippen MR) is 149 cm³/mol. The molecule has 0 spiro atoms. The second-order valence-corrected chi connectivity index (χ2v) is 9.21. The van der Waals surface area contributed by atoms with E-state index in [-0.39, 0.29) is 29.5 Å². The molecule has 0 saturated carbocycles. The Balaban J connectivity index is 0.000000578. The van der Waals surface area contributed by atoms with E-state index in [1.54, 1.807) is 38.3 Å². The van der Waals surface area contributed by atoms with Crippen molar-refractivity contribution in [3.63, 3.8) is 0 Å². The molecule has 0 amide bonds. The Bertz CT molecular complexity index is 1100. The summed E-state index contributed by atoms with van der Waals surface area (Å²) >= 11 is 6.39. The number of nitro groups is 2. The topological polar surface area (TPSA) is 155 Å². The summed E-state index contributed by atoms with van der Waals surface area (Å²) in [4.78, 5) is 31.8. The van der Waals surface area contributed by atoms with Crippen LogP contribution in [0.25, 0.3) is 6.08 Å². The fourth-order valence-corrected chi connectivity index (χ4v) is 3.32. The van der Waals surface area contributed by atoms with Crippen LogP contribution in [-0.4, -0.2) is 92.7 Å². The quantitative estimate of drug-likeness (QED) is 0.210. The van der Waals surface area contributed by atoms with Gasteiger partial charge in [-0.3, -0.25) is 25.1 Å². The minimum atomic E-state index is -0.508. The average Bonchev–Trinajstić information content (AvgIpc) is 2.85. The SMILES string of the molecule is COC(OC)N(C)C.COc1ncc(Br)c(/C=C/N(C)C)c1[N+](=O)[O-].COc1ncc(Br)c(C)c1[N+](=O)[O-]. The molecule has 2 rings (SSSR count). The number of hydrogen-bond donors (Lipinski definition) is 0. The van der Waals surface area contributed by atoms with Crippen LogP contribution >= 0.6 is 31.9 Å². The Labute approximate surface area is 238 Å². The second-order valence-electron chi connectivity index (χ2n) is 7.50. The molecular formula is C22H32Br2N6O8. The standard InChI is InChI=1S/C10H12BrN3O3.C7H7BrN2O3.C5H13NO2/c1-13(2)5-4-7-8(11)6-12-10(17-3)9(7)14(15)16;1-4-5(8)3-9-7(13-2)6(4)10(11)12;1-6(2)5(7-3)8-4/h4-6H,1-3H3;3H,1-2H3;5H,1-4H3/b5-4+;;. The molecule has 2 heterocycles. The molecule has 0 aliphatic heterocycles. The molecule has 212 valence electrons. The number of rotatable bonds is 9. The molecule has 0 aromatic carbocycles. The van der Waals surface area contributed by atoms with Gasteiger partial charge in [0.25, 0.3) is 11.8 Å². The smallest absolute Gasteiger partial charge is 0.339 e. The Hall–Kier alpha value is -2.92. The van der Waals surface area contributed by atoms with Crippen LogP contribution in [0.1, 0.15) is 11.1 Å². The van der Waals surface area contributed by atoms with Gasteiger partial charge in [-0.2, -0.15) is 0 Å². The Morgan fingerprint density at radius 3 is 1.66 bits per heavy atom. The molecule has 0 aliphatic carbocycles. The van der Waals surface area contributed by atoms with E-state index in [0.717, 1.165) is 0 Å². The highest BCUT2D eigenvalue weighted by Crippen LogP contribution is 2.34. The zero-order valence-electron chi connectivity index (χ0n) is 22.6. The summed E-state index contributed by atoms with van der Waals surface area (Å²) in [5.41, 5.74) is 0.684. The van der Waals surface area contributed by atoms with E-state index in [2.05, 4.69) is 41.8 Å². The highest BCUT2D eigenvalue weighted by molar-refractivity contribution is 9.10. The van der Waals surface area contributed by atoms with Crippen LogP contribution < -0.4 is 9.47 Å². The van der Waals surface area contributed by atoms with E-state index >= 15 is 0 Å². The van der Waals surface area contributed by atoms with Crippen LogP contribution in [0.4, 0.5) is 11.4 Å². The van der Waals surface area contributed by atoms with Crippen molar-refractivity contribution in [2.75, 3.05) is 56.6 Å². The molecule has 0 saturated heterocycles. The third-order valence-corrected chi connectivity index (χ3v) is 5.77. The van der Waals surface area contributed by atoms with E-state index in [9.17, 15) is 20.2 Å². The summed E-state index contributed by atoms with van der Waals surface area (Å²) in [6, 6.07) is 0. The maximum Gasteiger partial charge on any atom is 0.339 e. The molecule has 14 nitrogen and oxygen atoms in total. The lowest BCUT2D eigenvalue weighted by atomic mass is 10.2. The Kier molecular flexibility index (Phi) is 16.2. The van der Waals surface area contributed by atoms with Crippen LogP contribution in [0.5, 0.6) is 11.8 Å². The number of pyridine rings is 2. The first-order valence-corrected chi connectivity index (χ1v) is 12.1. The lowest BCUT2D eigenvalue weighted by Crippen LogP contribution is -2.30. The molecule has 16 heteroatoms. The van der Waals surface area contributed by atoms with Crippen molar-refractivity contribution < 1.29 is 28.8 Å². The van der Waals surface area contributed by atoms with Gasteiger partial charge in [-0.15, -0.1) is 0 Å².